The Labute approximate surface area is 81.6 Å². The second kappa shape index (κ2) is 3.40. The Morgan fingerprint density at radius 2 is 1.79 bits per heavy atom. The Morgan fingerprint density at radius 1 is 1.07 bits per heavy atom. The molecule has 3 nitrogen and oxygen atoms in total. The molecule has 0 aliphatic carbocycles. The van der Waals surface area contributed by atoms with E-state index >= 15 is 0 Å². The zero-order valence-electron chi connectivity index (χ0n) is 7.81. The van der Waals surface area contributed by atoms with Crippen molar-refractivity contribution in [3.8, 4) is 0 Å². The molecule has 0 unspecified atom stereocenters. The van der Waals surface area contributed by atoms with Crippen molar-refractivity contribution in [3.05, 3.63) is 52.4 Å². The third-order valence-corrected chi connectivity index (χ3v) is 2.27. The van der Waals surface area contributed by atoms with Crippen molar-refractivity contribution >= 4 is 16.5 Å². The molecule has 0 saturated heterocycles. The molecular formula is C11H9N3. The topological polar surface area (TPSA) is 48.8 Å². The standard InChI is InChI=1S/C11H9N3/c1-8-6-7-11(13-14-12)10-5-3-2-4-9(8)10/h2-7H,1H3. The summed E-state index contributed by atoms with van der Waals surface area (Å²) in [6.45, 7) is 2.04. The number of nitrogens with zero attached hydrogens (tertiary/aromatic N) is 3. The number of fused-ring (bicyclic) bond motifs is 1. The van der Waals surface area contributed by atoms with E-state index in [0.29, 0.717) is 5.69 Å². The van der Waals surface area contributed by atoms with Crippen LogP contribution in [0, 0.1) is 6.92 Å². The van der Waals surface area contributed by atoms with E-state index in [1.807, 2.05) is 43.3 Å². The molecule has 68 valence electrons. The molecule has 0 N–H and O–H groups in total. The van der Waals surface area contributed by atoms with Gasteiger partial charge in [0, 0.05) is 10.6 Å². The van der Waals surface area contributed by atoms with Gasteiger partial charge in [0.1, 0.15) is 0 Å². The van der Waals surface area contributed by atoms with E-state index in [1.54, 1.807) is 0 Å². The van der Waals surface area contributed by atoms with E-state index in [0.717, 1.165) is 10.8 Å². The van der Waals surface area contributed by atoms with Crippen molar-refractivity contribution in [1.29, 1.82) is 0 Å². The van der Waals surface area contributed by atoms with Gasteiger partial charge in [-0.25, -0.2) is 0 Å². The summed E-state index contributed by atoms with van der Waals surface area (Å²) < 4.78 is 0. The number of azide groups is 1. The maximum atomic E-state index is 8.41. The van der Waals surface area contributed by atoms with Crippen molar-refractivity contribution in [2.24, 2.45) is 5.11 Å². The van der Waals surface area contributed by atoms with Crippen molar-refractivity contribution in [1.82, 2.24) is 0 Å². The summed E-state index contributed by atoms with van der Waals surface area (Å²) in [4.78, 5) is 2.81. The van der Waals surface area contributed by atoms with Gasteiger partial charge in [0.05, 0.1) is 0 Å². The van der Waals surface area contributed by atoms with Gasteiger partial charge in [-0.2, -0.15) is 0 Å². The molecule has 0 heterocycles. The molecule has 0 aliphatic rings. The van der Waals surface area contributed by atoms with Gasteiger partial charge in [-0.15, -0.1) is 0 Å². The summed E-state index contributed by atoms with van der Waals surface area (Å²) in [7, 11) is 0. The van der Waals surface area contributed by atoms with Crippen LogP contribution in [-0.4, -0.2) is 0 Å². The molecular weight excluding hydrogens is 174 g/mol. The molecule has 0 spiro atoms. The molecule has 0 amide bonds. The van der Waals surface area contributed by atoms with E-state index in [4.69, 9.17) is 5.53 Å². The van der Waals surface area contributed by atoms with Crippen LogP contribution >= 0.6 is 0 Å². The van der Waals surface area contributed by atoms with Gasteiger partial charge in [0.2, 0.25) is 0 Å². The first-order valence-corrected chi connectivity index (χ1v) is 4.36. The lowest BCUT2D eigenvalue weighted by atomic mass is 10.0. The van der Waals surface area contributed by atoms with Gasteiger partial charge in [-0.05, 0) is 28.8 Å². The predicted octanol–water partition coefficient (Wildman–Crippen LogP) is 4.09. The van der Waals surface area contributed by atoms with Gasteiger partial charge >= 0.3 is 0 Å². The van der Waals surface area contributed by atoms with Gasteiger partial charge < -0.3 is 0 Å². The predicted molar refractivity (Wildman–Crippen MR) is 57.5 cm³/mol. The SMILES string of the molecule is Cc1ccc(N=[N+]=[N-])c2ccccc12. The summed E-state index contributed by atoms with van der Waals surface area (Å²) in [5.41, 5.74) is 10.3. The van der Waals surface area contributed by atoms with Crippen LogP contribution in [0.1, 0.15) is 5.56 Å². The Balaban J connectivity index is 2.88. The zero-order valence-corrected chi connectivity index (χ0v) is 7.81. The van der Waals surface area contributed by atoms with Crippen LogP contribution in [-0.2, 0) is 0 Å². The van der Waals surface area contributed by atoms with E-state index in [-0.39, 0.29) is 0 Å². The molecule has 0 aliphatic heterocycles. The Bertz CT molecular complexity index is 525. The number of rotatable bonds is 1. The van der Waals surface area contributed by atoms with Crippen LogP contribution in [0.2, 0.25) is 0 Å². The molecule has 2 aromatic rings. The number of benzene rings is 2. The third-order valence-electron chi connectivity index (χ3n) is 2.27. The minimum Gasteiger partial charge on any atom is -0.0616 e. The first-order chi connectivity index (χ1) is 6.83. The van der Waals surface area contributed by atoms with Crippen molar-refractivity contribution < 1.29 is 0 Å². The fourth-order valence-electron chi connectivity index (χ4n) is 1.57. The molecule has 3 heteroatoms. The Hall–Kier alpha value is -1.99. The van der Waals surface area contributed by atoms with Crippen LogP contribution in [0.5, 0.6) is 0 Å². The highest BCUT2D eigenvalue weighted by Gasteiger charge is 2.00. The summed E-state index contributed by atoms with van der Waals surface area (Å²) in [5, 5.41) is 5.80. The van der Waals surface area contributed by atoms with E-state index < -0.39 is 0 Å². The highest BCUT2D eigenvalue weighted by Crippen LogP contribution is 2.28. The average Bonchev–Trinajstić information content (AvgIpc) is 2.23. The second-order valence-corrected chi connectivity index (χ2v) is 3.14. The molecule has 0 radical (unpaired) electrons. The Kier molecular flexibility index (Phi) is 2.09. The monoisotopic (exact) mass is 183 g/mol. The fraction of sp³-hybridized carbons (Fsp3) is 0.0909. The number of aryl methyl sites for hydroxylation is 1. The summed E-state index contributed by atoms with van der Waals surface area (Å²) >= 11 is 0. The average molecular weight is 183 g/mol. The fourth-order valence-corrected chi connectivity index (χ4v) is 1.57. The van der Waals surface area contributed by atoms with Crippen LogP contribution in [0.4, 0.5) is 5.69 Å². The molecule has 14 heavy (non-hydrogen) atoms. The normalized spacial score (nSPS) is 9.79. The molecule has 0 saturated carbocycles. The van der Waals surface area contributed by atoms with Crippen molar-refractivity contribution in [3.63, 3.8) is 0 Å². The number of hydrogen-bond donors (Lipinski definition) is 0. The third kappa shape index (κ3) is 1.30. The maximum Gasteiger partial charge on any atom is 0.0453 e. The van der Waals surface area contributed by atoms with Crippen LogP contribution in [0.15, 0.2) is 41.5 Å². The van der Waals surface area contributed by atoms with Crippen LogP contribution in [0.25, 0.3) is 21.2 Å². The van der Waals surface area contributed by atoms with Crippen molar-refractivity contribution in [2.75, 3.05) is 0 Å². The molecule has 0 atom stereocenters. The molecule has 0 aromatic heterocycles. The van der Waals surface area contributed by atoms with Gasteiger partial charge in [0.15, 0.2) is 0 Å². The largest absolute Gasteiger partial charge is 0.0616 e. The molecule has 0 bridgehead atoms. The first kappa shape index (κ1) is 8.60. The maximum absolute atomic E-state index is 8.41. The lowest BCUT2D eigenvalue weighted by molar-refractivity contribution is 1.47. The number of hydrogen-bond acceptors (Lipinski definition) is 1. The molecule has 2 rings (SSSR count). The van der Waals surface area contributed by atoms with Crippen molar-refractivity contribution in [2.45, 2.75) is 6.92 Å². The van der Waals surface area contributed by atoms with E-state index in [9.17, 15) is 0 Å². The second-order valence-electron chi connectivity index (χ2n) is 3.14. The smallest absolute Gasteiger partial charge is 0.0453 e. The van der Waals surface area contributed by atoms with Gasteiger partial charge in [-0.3, -0.25) is 0 Å². The van der Waals surface area contributed by atoms with Crippen LogP contribution in [0.3, 0.4) is 0 Å². The lowest BCUT2D eigenvalue weighted by Gasteiger charge is -2.03. The van der Waals surface area contributed by atoms with E-state index in [2.05, 4.69) is 10.0 Å². The summed E-state index contributed by atoms with van der Waals surface area (Å²) in [5.74, 6) is 0. The summed E-state index contributed by atoms with van der Waals surface area (Å²) in [6.07, 6.45) is 0. The minimum atomic E-state index is 0.689. The van der Waals surface area contributed by atoms with Gasteiger partial charge in [-0.1, -0.05) is 41.5 Å². The summed E-state index contributed by atoms with van der Waals surface area (Å²) in [6, 6.07) is 11.7. The lowest BCUT2D eigenvalue weighted by Crippen LogP contribution is -1.77. The quantitative estimate of drug-likeness (QED) is 0.363. The zero-order chi connectivity index (χ0) is 9.97. The molecule has 2 aromatic carbocycles. The highest BCUT2D eigenvalue weighted by molar-refractivity contribution is 5.94. The first-order valence-electron chi connectivity index (χ1n) is 4.36. The highest BCUT2D eigenvalue weighted by atomic mass is 15.1. The Morgan fingerprint density at radius 3 is 2.50 bits per heavy atom. The minimum absolute atomic E-state index is 0.689. The van der Waals surface area contributed by atoms with Crippen LogP contribution < -0.4 is 0 Å². The van der Waals surface area contributed by atoms with E-state index in [1.165, 1.54) is 5.56 Å². The van der Waals surface area contributed by atoms with Gasteiger partial charge in [0.25, 0.3) is 0 Å². The molecule has 0 fully saturated rings.